The van der Waals surface area contributed by atoms with Crippen LogP contribution in [0.1, 0.15) is 12.8 Å². The summed E-state index contributed by atoms with van der Waals surface area (Å²) >= 11 is 1.58. The first-order valence-corrected chi connectivity index (χ1v) is 5.40. The Labute approximate surface area is 81.2 Å². The number of aliphatic hydroxyl groups is 1. The summed E-state index contributed by atoms with van der Waals surface area (Å²) in [5, 5.41) is 17.7. The van der Waals surface area contributed by atoms with Crippen LogP contribution in [0, 0.1) is 5.92 Å². The van der Waals surface area contributed by atoms with Crippen molar-refractivity contribution in [1.29, 1.82) is 0 Å². The lowest BCUT2D eigenvalue weighted by Gasteiger charge is -2.13. The Bertz CT molecular complexity index is 252. The van der Waals surface area contributed by atoms with Crippen LogP contribution in [0.15, 0.2) is 5.51 Å². The summed E-state index contributed by atoms with van der Waals surface area (Å²) in [6.45, 7) is 2.38. The van der Waals surface area contributed by atoms with Crippen LogP contribution < -0.4 is 4.90 Å². The van der Waals surface area contributed by atoms with Crippen LogP contribution in [0.25, 0.3) is 0 Å². The van der Waals surface area contributed by atoms with Crippen molar-refractivity contribution in [3.8, 4) is 0 Å². The van der Waals surface area contributed by atoms with E-state index >= 15 is 0 Å². The van der Waals surface area contributed by atoms with Crippen LogP contribution in [0.2, 0.25) is 0 Å². The molecule has 72 valence electrons. The molecule has 0 amide bonds. The van der Waals surface area contributed by atoms with E-state index in [1.54, 1.807) is 16.8 Å². The topological polar surface area (TPSA) is 49.2 Å². The molecule has 5 heteroatoms. The van der Waals surface area contributed by atoms with Crippen LogP contribution in [0.4, 0.5) is 5.13 Å². The zero-order valence-corrected chi connectivity index (χ0v) is 8.20. The van der Waals surface area contributed by atoms with Crippen LogP contribution in [0.5, 0.6) is 0 Å². The van der Waals surface area contributed by atoms with Crippen LogP contribution >= 0.6 is 11.3 Å². The predicted octanol–water partition coefficient (Wildman–Crippen LogP) is 0.747. The first-order chi connectivity index (χ1) is 6.40. The molecule has 0 spiro atoms. The van der Waals surface area contributed by atoms with Crippen molar-refractivity contribution in [2.75, 3.05) is 24.6 Å². The molecule has 0 saturated carbocycles. The van der Waals surface area contributed by atoms with E-state index in [4.69, 9.17) is 5.11 Å². The van der Waals surface area contributed by atoms with Gasteiger partial charge in [-0.05, 0) is 18.8 Å². The van der Waals surface area contributed by atoms with E-state index < -0.39 is 0 Å². The van der Waals surface area contributed by atoms with Crippen molar-refractivity contribution >= 4 is 16.5 Å². The quantitative estimate of drug-likeness (QED) is 0.780. The maximum absolute atomic E-state index is 8.80. The number of hydrogen-bond donors (Lipinski definition) is 1. The van der Waals surface area contributed by atoms with Crippen molar-refractivity contribution in [3.05, 3.63) is 5.51 Å². The fraction of sp³-hybridized carbons (Fsp3) is 0.750. The molecule has 1 aliphatic rings. The highest BCUT2D eigenvalue weighted by molar-refractivity contribution is 7.13. The summed E-state index contributed by atoms with van der Waals surface area (Å²) in [4.78, 5) is 2.25. The third-order valence-corrected chi connectivity index (χ3v) is 3.19. The maximum Gasteiger partial charge on any atom is 0.208 e. The largest absolute Gasteiger partial charge is 0.396 e. The van der Waals surface area contributed by atoms with Crippen molar-refractivity contribution in [2.45, 2.75) is 12.8 Å². The number of aromatic nitrogens is 2. The molecule has 1 aliphatic heterocycles. The third kappa shape index (κ3) is 1.97. The molecule has 2 heterocycles. The van der Waals surface area contributed by atoms with Crippen molar-refractivity contribution in [3.63, 3.8) is 0 Å². The second-order valence-electron chi connectivity index (χ2n) is 3.33. The van der Waals surface area contributed by atoms with Gasteiger partial charge < -0.3 is 10.0 Å². The fourth-order valence-electron chi connectivity index (χ4n) is 1.73. The SMILES string of the molecule is OCCC1CCN(c2nncs2)C1. The van der Waals surface area contributed by atoms with Crippen LogP contribution in [-0.2, 0) is 0 Å². The van der Waals surface area contributed by atoms with Gasteiger partial charge in [0.25, 0.3) is 0 Å². The number of rotatable bonds is 3. The number of aliphatic hydroxyl groups excluding tert-OH is 1. The molecule has 13 heavy (non-hydrogen) atoms. The van der Waals surface area contributed by atoms with Gasteiger partial charge in [-0.15, -0.1) is 10.2 Å². The normalized spacial score (nSPS) is 22.5. The summed E-state index contributed by atoms with van der Waals surface area (Å²) in [6.07, 6.45) is 2.08. The molecule has 1 fully saturated rings. The van der Waals surface area contributed by atoms with E-state index in [1.807, 2.05) is 0 Å². The molecule has 2 rings (SSSR count). The van der Waals surface area contributed by atoms with Gasteiger partial charge in [0.2, 0.25) is 5.13 Å². The Balaban J connectivity index is 1.91. The Morgan fingerprint density at radius 3 is 3.31 bits per heavy atom. The Morgan fingerprint density at radius 2 is 2.62 bits per heavy atom. The van der Waals surface area contributed by atoms with E-state index in [2.05, 4.69) is 15.1 Å². The van der Waals surface area contributed by atoms with E-state index in [0.717, 1.165) is 24.6 Å². The van der Waals surface area contributed by atoms with E-state index in [1.165, 1.54) is 6.42 Å². The molecule has 0 aliphatic carbocycles. The lowest BCUT2D eigenvalue weighted by molar-refractivity contribution is 0.263. The molecule has 1 aromatic rings. The first kappa shape index (κ1) is 8.90. The van der Waals surface area contributed by atoms with E-state index in [9.17, 15) is 0 Å². The average molecular weight is 199 g/mol. The Hall–Kier alpha value is -0.680. The maximum atomic E-state index is 8.80. The number of anilines is 1. The summed E-state index contributed by atoms with van der Waals surface area (Å²) < 4.78 is 0. The third-order valence-electron chi connectivity index (χ3n) is 2.44. The number of hydrogen-bond acceptors (Lipinski definition) is 5. The summed E-state index contributed by atoms with van der Waals surface area (Å²) in [5.41, 5.74) is 1.76. The Kier molecular flexibility index (Phi) is 2.75. The molecule has 0 aromatic carbocycles. The predicted molar refractivity (Wildman–Crippen MR) is 51.9 cm³/mol. The molecule has 1 aromatic heterocycles. The second-order valence-corrected chi connectivity index (χ2v) is 4.15. The van der Waals surface area contributed by atoms with Gasteiger partial charge in [0, 0.05) is 19.7 Å². The van der Waals surface area contributed by atoms with Gasteiger partial charge in [-0.25, -0.2) is 0 Å². The average Bonchev–Trinajstić information content (AvgIpc) is 2.70. The highest BCUT2D eigenvalue weighted by Crippen LogP contribution is 2.25. The standard InChI is InChI=1S/C8H13N3OS/c12-4-2-7-1-3-11(5-7)8-10-9-6-13-8/h6-7,12H,1-5H2. The number of nitrogens with zero attached hydrogens (tertiary/aromatic N) is 3. The van der Waals surface area contributed by atoms with Gasteiger partial charge in [-0.1, -0.05) is 11.3 Å². The molecule has 1 N–H and O–H groups in total. The molecule has 4 nitrogen and oxygen atoms in total. The molecule has 1 saturated heterocycles. The lowest BCUT2D eigenvalue weighted by Crippen LogP contribution is -2.19. The smallest absolute Gasteiger partial charge is 0.208 e. The summed E-state index contributed by atoms with van der Waals surface area (Å²) in [7, 11) is 0. The zero-order chi connectivity index (χ0) is 9.10. The monoisotopic (exact) mass is 199 g/mol. The van der Waals surface area contributed by atoms with Crippen LogP contribution in [-0.4, -0.2) is 35.0 Å². The van der Waals surface area contributed by atoms with Gasteiger partial charge >= 0.3 is 0 Å². The summed E-state index contributed by atoms with van der Waals surface area (Å²) in [6, 6.07) is 0. The highest BCUT2D eigenvalue weighted by Gasteiger charge is 2.23. The van der Waals surface area contributed by atoms with Gasteiger partial charge in [0.1, 0.15) is 5.51 Å². The molecule has 1 unspecified atom stereocenters. The van der Waals surface area contributed by atoms with Crippen LogP contribution in [0.3, 0.4) is 0 Å². The Morgan fingerprint density at radius 1 is 1.69 bits per heavy atom. The van der Waals surface area contributed by atoms with Crippen molar-refractivity contribution < 1.29 is 5.11 Å². The molecule has 1 atom stereocenters. The minimum absolute atomic E-state index is 0.300. The van der Waals surface area contributed by atoms with Gasteiger partial charge in [0.05, 0.1) is 0 Å². The zero-order valence-electron chi connectivity index (χ0n) is 7.39. The fourth-order valence-corrected chi connectivity index (χ4v) is 2.33. The first-order valence-electron chi connectivity index (χ1n) is 4.52. The molecule has 0 radical (unpaired) electrons. The highest BCUT2D eigenvalue weighted by atomic mass is 32.1. The van der Waals surface area contributed by atoms with E-state index in [-0.39, 0.29) is 0 Å². The molecular weight excluding hydrogens is 186 g/mol. The molecule has 0 bridgehead atoms. The lowest BCUT2D eigenvalue weighted by atomic mass is 10.1. The van der Waals surface area contributed by atoms with Gasteiger partial charge in [-0.2, -0.15) is 0 Å². The van der Waals surface area contributed by atoms with E-state index in [0.29, 0.717) is 12.5 Å². The second kappa shape index (κ2) is 4.02. The van der Waals surface area contributed by atoms with Gasteiger partial charge in [-0.3, -0.25) is 0 Å². The minimum Gasteiger partial charge on any atom is -0.396 e. The summed E-state index contributed by atoms with van der Waals surface area (Å²) in [5.74, 6) is 0.633. The molecular formula is C8H13N3OS. The minimum atomic E-state index is 0.300. The van der Waals surface area contributed by atoms with Crippen molar-refractivity contribution in [1.82, 2.24) is 10.2 Å². The van der Waals surface area contributed by atoms with Gasteiger partial charge in [0.15, 0.2) is 0 Å². The van der Waals surface area contributed by atoms with Crippen molar-refractivity contribution in [2.24, 2.45) is 5.92 Å².